The van der Waals surface area contributed by atoms with Gasteiger partial charge in [-0.05, 0) is 42.7 Å². The molecule has 1 aliphatic heterocycles. The van der Waals surface area contributed by atoms with E-state index in [0.29, 0.717) is 43.0 Å². The van der Waals surface area contributed by atoms with Crippen LogP contribution in [0.5, 0.6) is 0 Å². The molecule has 5 nitrogen and oxygen atoms in total. The largest absolute Gasteiger partial charge is 0.416 e. The lowest BCUT2D eigenvalue weighted by Crippen LogP contribution is -2.32. The van der Waals surface area contributed by atoms with Crippen LogP contribution in [-0.2, 0) is 24.0 Å². The van der Waals surface area contributed by atoms with Crippen LogP contribution in [0.15, 0.2) is 53.3 Å². The van der Waals surface area contributed by atoms with Crippen molar-refractivity contribution in [2.24, 2.45) is 0 Å². The van der Waals surface area contributed by atoms with E-state index < -0.39 is 11.7 Å². The van der Waals surface area contributed by atoms with E-state index in [1.807, 2.05) is 11.0 Å². The number of nitrogens with zero attached hydrogens (tertiary/aromatic N) is 2. The van der Waals surface area contributed by atoms with Crippen LogP contribution in [-0.4, -0.2) is 34.1 Å². The maximum atomic E-state index is 12.8. The molecule has 1 aromatic heterocycles. The van der Waals surface area contributed by atoms with Crippen molar-refractivity contribution >= 4 is 10.9 Å². The molecule has 1 fully saturated rings. The van der Waals surface area contributed by atoms with Crippen molar-refractivity contribution in [3.05, 3.63) is 75.8 Å². The molecule has 1 N–H and O–H groups in total. The van der Waals surface area contributed by atoms with Crippen LogP contribution < -0.4 is 5.56 Å². The molecule has 1 unspecified atom stereocenters. The molecule has 1 atom stereocenters. The minimum Gasteiger partial charge on any atom is -0.377 e. The van der Waals surface area contributed by atoms with Crippen molar-refractivity contribution in [2.45, 2.75) is 38.2 Å². The van der Waals surface area contributed by atoms with E-state index in [1.54, 1.807) is 18.2 Å². The first-order valence-corrected chi connectivity index (χ1v) is 9.86. The van der Waals surface area contributed by atoms with Gasteiger partial charge in [0.2, 0.25) is 0 Å². The molecule has 30 heavy (non-hydrogen) atoms. The van der Waals surface area contributed by atoms with E-state index in [-0.39, 0.29) is 11.7 Å². The quantitative estimate of drug-likeness (QED) is 0.656. The first-order chi connectivity index (χ1) is 14.4. The summed E-state index contributed by atoms with van der Waals surface area (Å²) in [6.07, 6.45) is -2.37. The van der Waals surface area contributed by atoms with Crippen LogP contribution in [0.2, 0.25) is 0 Å². The van der Waals surface area contributed by atoms with Crippen molar-refractivity contribution in [2.75, 3.05) is 13.2 Å². The highest BCUT2D eigenvalue weighted by Gasteiger charge is 2.30. The molecular formula is C22H22F3N3O2. The lowest BCUT2D eigenvalue weighted by Gasteiger charge is -2.25. The Morgan fingerprint density at radius 2 is 1.87 bits per heavy atom. The molecule has 8 heteroatoms. The zero-order valence-electron chi connectivity index (χ0n) is 16.3. The maximum Gasteiger partial charge on any atom is 0.416 e. The number of aromatic nitrogens is 2. The first kappa shape index (κ1) is 20.6. The molecule has 3 aromatic rings. The van der Waals surface area contributed by atoms with Gasteiger partial charge in [-0.25, -0.2) is 4.98 Å². The summed E-state index contributed by atoms with van der Waals surface area (Å²) in [5.41, 5.74) is 0.492. The summed E-state index contributed by atoms with van der Waals surface area (Å²) in [7, 11) is 0. The van der Waals surface area contributed by atoms with Crippen LogP contribution in [0.3, 0.4) is 0 Å². The van der Waals surface area contributed by atoms with Gasteiger partial charge in [0.1, 0.15) is 5.82 Å². The molecule has 158 valence electrons. The van der Waals surface area contributed by atoms with Gasteiger partial charge in [-0.15, -0.1) is 0 Å². The molecule has 2 heterocycles. The number of ether oxygens (including phenoxy) is 1. The summed E-state index contributed by atoms with van der Waals surface area (Å²) in [4.78, 5) is 21.8. The van der Waals surface area contributed by atoms with Crippen molar-refractivity contribution in [3.8, 4) is 0 Å². The SMILES string of the molecule is O=c1[nH]c(CN(Cc2ccc(C(F)(F)F)cc2)CC2CCCO2)nc2ccccc12. The van der Waals surface area contributed by atoms with E-state index >= 15 is 0 Å². The average Bonchev–Trinajstić information content (AvgIpc) is 3.21. The molecule has 0 aliphatic carbocycles. The fraction of sp³-hybridized carbons (Fsp3) is 0.364. The number of hydrogen-bond donors (Lipinski definition) is 1. The molecule has 1 aliphatic rings. The van der Waals surface area contributed by atoms with Gasteiger partial charge in [-0.2, -0.15) is 13.2 Å². The van der Waals surface area contributed by atoms with E-state index in [4.69, 9.17) is 4.74 Å². The zero-order valence-corrected chi connectivity index (χ0v) is 16.3. The highest BCUT2D eigenvalue weighted by molar-refractivity contribution is 5.77. The lowest BCUT2D eigenvalue weighted by atomic mass is 10.1. The minimum absolute atomic E-state index is 0.0617. The molecule has 0 bridgehead atoms. The first-order valence-electron chi connectivity index (χ1n) is 9.86. The van der Waals surface area contributed by atoms with Gasteiger partial charge in [-0.1, -0.05) is 24.3 Å². The van der Waals surface area contributed by atoms with Crippen LogP contribution in [0, 0.1) is 0 Å². The van der Waals surface area contributed by atoms with Gasteiger partial charge in [0.05, 0.1) is 29.1 Å². The smallest absolute Gasteiger partial charge is 0.377 e. The molecular weight excluding hydrogens is 395 g/mol. The number of nitrogens with one attached hydrogen (secondary N) is 1. The number of aromatic amines is 1. The van der Waals surface area contributed by atoms with Crippen LogP contribution >= 0.6 is 0 Å². The Kier molecular flexibility index (Phi) is 5.87. The summed E-state index contributed by atoms with van der Waals surface area (Å²) in [5, 5.41) is 0.523. The molecule has 4 rings (SSSR count). The van der Waals surface area contributed by atoms with Crippen LogP contribution in [0.1, 0.15) is 29.8 Å². The van der Waals surface area contributed by atoms with E-state index in [0.717, 1.165) is 30.5 Å². The standard InChI is InChI=1S/C22H22F3N3O2/c23-22(24,25)16-9-7-15(8-10-16)12-28(13-17-4-3-11-30-17)14-20-26-19-6-2-1-5-18(19)21(29)27-20/h1-2,5-10,17H,3-4,11-14H2,(H,26,27,29). The molecule has 1 saturated heterocycles. The van der Waals surface area contributed by atoms with Gasteiger partial charge in [0, 0.05) is 19.7 Å². The second-order valence-electron chi connectivity index (χ2n) is 7.53. The Hall–Kier alpha value is -2.71. The van der Waals surface area contributed by atoms with Gasteiger partial charge in [0.15, 0.2) is 0 Å². The Balaban J connectivity index is 1.56. The Bertz CT molecular complexity index is 1060. The predicted molar refractivity (Wildman–Crippen MR) is 107 cm³/mol. The number of alkyl halides is 3. The second kappa shape index (κ2) is 8.57. The predicted octanol–water partition coefficient (Wildman–Crippen LogP) is 4.12. The molecule has 0 spiro atoms. The Morgan fingerprint density at radius 3 is 2.57 bits per heavy atom. The third-order valence-corrected chi connectivity index (χ3v) is 5.21. The molecule has 0 radical (unpaired) electrons. The van der Waals surface area contributed by atoms with Crippen molar-refractivity contribution in [1.29, 1.82) is 0 Å². The number of hydrogen-bond acceptors (Lipinski definition) is 4. The lowest BCUT2D eigenvalue weighted by molar-refractivity contribution is -0.137. The monoisotopic (exact) mass is 417 g/mol. The summed E-state index contributed by atoms with van der Waals surface area (Å²) >= 11 is 0. The maximum absolute atomic E-state index is 12.8. The summed E-state index contributed by atoms with van der Waals surface area (Å²) in [6.45, 7) is 2.11. The van der Waals surface area contributed by atoms with Gasteiger partial charge < -0.3 is 9.72 Å². The highest BCUT2D eigenvalue weighted by atomic mass is 19.4. The number of benzene rings is 2. The highest BCUT2D eigenvalue weighted by Crippen LogP contribution is 2.29. The molecule has 2 aromatic carbocycles. The normalized spacial score (nSPS) is 17.1. The number of halogens is 3. The molecule has 0 amide bonds. The van der Waals surface area contributed by atoms with Crippen molar-refractivity contribution in [1.82, 2.24) is 14.9 Å². The van der Waals surface area contributed by atoms with Gasteiger partial charge in [0.25, 0.3) is 5.56 Å². The van der Waals surface area contributed by atoms with Crippen molar-refractivity contribution in [3.63, 3.8) is 0 Å². The molecule has 0 saturated carbocycles. The second-order valence-corrected chi connectivity index (χ2v) is 7.53. The van der Waals surface area contributed by atoms with E-state index in [9.17, 15) is 18.0 Å². The number of para-hydroxylation sites is 1. The average molecular weight is 417 g/mol. The zero-order chi connectivity index (χ0) is 21.1. The van der Waals surface area contributed by atoms with E-state index in [1.165, 1.54) is 12.1 Å². The third kappa shape index (κ3) is 4.88. The summed E-state index contributed by atoms with van der Waals surface area (Å²) < 4.78 is 44.2. The van der Waals surface area contributed by atoms with Gasteiger partial charge in [-0.3, -0.25) is 9.69 Å². The Labute approximate surface area is 171 Å². The summed E-state index contributed by atoms with van der Waals surface area (Å²) in [5.74, 6) is 0.517. The fourth-order valence-electron chi connectivity index (χ4n) is 3.74. The number of rotatable bonds is 6. The van der Waals surface area contributed by atoms with E-state index in [2.05, 4.69) is 9.97 Å². The van der Waals surface area contributed by atoms with Crippen LogP contribution in [0.4, 0.5) is 13.2 Å². The third-order valence-electron chi connectivity index (χ3n) is 5.21. The van der Waals surface area contributed by atoms with Crippen LogP contribution in [0.25, 0.3) is 10.9 Å². The van der Waals surface area contributed by atoms with Gasteiger partial charge >= 0.3 is 6.18 Å². The fourth-order valence-corrected chi connectivity index (χ4v) is 3.74. The topological polar surface area (TPSA) is 58.2 Å². The van der Waals surface area contributed by atoms with Crippen molar-refractivity contribution < 1.29 is 17.9 Å². The minimum atomic E-state index is -4.36. The summed E-state index contributed by atoms with van der Waals surface area (Å²) in [6, 6.07) is 12.3. The number of fused-ring (bicyclic) bond motifs is 1. The number of H-pyrrole nitrogens is 1. The Morgan fingerprint density at radius 1 is 1.10 bits per heavy atom.